The minimum absolute atomic E-state index is 0.200. The third-order valence-electron chi connectivity index (χ3n) is 3.93. The number of fused-ring (bicyclic) bond motifs is 5. The summed E-state index contributed by atoms with van der Waals surface area (Å²) in [5, 5.41) is 9.41. The van der Waals surface area contributed by atoms with E-state index in [-0.39, 0.29) is 17.0 Å². The zero-order valence-electron chi connectivity index (χ0n) is 11.2. The highest BCUT2D eigenvalue weighted by atomic mass is 16.4. The molecule has 1 heterocycles. The zero-order valence-corrected chi connectivity index (χ0v) is 11.2. The van der Waals surface area contributed by atoms with Crippen molar-refractivity contribution < 1.29 is 14.7 Å². The van der Waals surface area contributed by atoms with Gasteiger partial charge in [-0.2, -0.15) is 0 Å². The summed E-state index contributed by atoms with van der Waals surface area (Å²) in [4.78, 5) is 38.6. The smallest absolute Gasteiger partial charge is 0.352 e. The second kappa shape index (κ2) is 4.14. The van der Waals surface area contributed by atoms with Gasteiger partial charge in [0, 0.05) is 17.0 Å². The lowest BCUT2D eigenvalue weighted by molar-refractivity contribution is 0.0690. The average molecular weight is 291 g/mol. The fourth-order valence-corrected chi connectivity index (χ4v) is 2.94. The molecule has 0 atom stereocenters. The maximum Gasteiger partial charge on any atom is 0.352 e. The molecule has 0 saturated heterocycles. The topological polar surface area (TPSA) is 87.2 Å². The molecule has 3 aromatic rings. The fraction of sp³-hybridized carbons (Fsp3) is 0. The standard InChI is InChI=1S/C17H9NO4/c19-13-7-12(17(21)22)18-15-11(13)6-5-9-8-3-1-2-4-10(8)16(20)14(9)15/h1-7H,(H,18,19)(H,21,22). The van der Waals surface area contributed by atoms with Crippen LogP contribution in [0.15, 0.2) is 47.3 Å². The number of aromatic carboxylic acids is 1. The van der Waals surface area contributed by atoms with E-state index in [1.165, 1.54) is 0 Å². The molecule has 0 saturated carbocycles. The van der Waals surface area contributed by atoms with Crippen LogP contribution in [0, 0.1) is 0 Å². The monoisotopic (exact) mass is 291 g/mol. The first-order chi connectivity index (χ1) is 10.6. The molecule has 5 heteroatoms. The highest BCUT2D eigenvalue weighted by Gasteiger charge is 2.29. The number of benzene rings is 2. The van der Waals surface area contributed by atoms with Crippen molar-refractivity contribution in [3.8, 4) is 11.1 Å². The van der Waals surface area contributed by atoms with Gasteiger partial charge in [0.05, 0.1) is 11.1 Å². The van der Waals surface area contributed by atoms with Crippen molar-refractivity contribution in [2.45, 2.75) is 0 Å². The largest absolute Gasteiger partial charge is 0.477 e. The van der Waals surface area contributed by atoms with Crippen molar-refractivity contribution >= 4 is 22.7 Å². The van der Waals surface area contributed by atoms with Crippen molar-refractivity contribution in [1.29, 1.82) is 0 Å². The van der Waals surface area contributed by atoms with E-state index < -0.39 is 11.4 Å². The van der Waals surface area contributed by atoms with Gasteiger partial charge in [-0.15, -0.1) is 0 Å². The number of rotatable bonds is 1. The number of carboxylic acids is 1. The van der Waals surface area contributed by atoms with Crippen molar-refractivity contribution in [3.05, 3.63) is 69.5 Å². The SMILES string of the molecule is O=C(O)c1cc(=O)c2ccc3c(c2[nH]1)C(=O)c1ccccc1-3. The summed E-state index contributed by atoms with van der Waals surface area (Å²) in [6.45, 7) is 0. The lowest BCUT2D eigenvalue weighted by Crippen LogP contribution is -2.11. The number of aromatic amines is 1. The molecule has 0 fully saturated rings. The summed E-state index contributed by atoms with van der Waals surface area (Å²) < 4.78 is 0. The van der Waals surface area contributed by atoms with E-state index in [0.29, 0.717) is 22.1 Å². The summed E-state index contributed by atoms with van der Waals surface area (Å²) in [5.74, 6) is -1.44. The van der Waals surface area contributed by atoms with E-state index >= 15 is 0 Å². The van der Waals surface area contributed by atoms with Gasteiger partial charge in [-0.25, -0.2) is 4.79 Å². The Morgan fingerprint density at radius 3 is 2.41 bits per heavy atom. The number of pyridine rings is 1. The molecule has 0 radical (unpaired) electrons. The van der Waals surface area contributed by atoms with Crippen LogP contribution >= 0.6 is 0 Å². The van der Waals surface area contributed by atoms with Crippen LogP contribution in [0.2, 0.25) is 0 Å². The van der Waals surface area contributed by atoms with Gasteiger partial charge >= 0.3 is 5.97 Å². The molecule has 0 spiro atoms. The molecule has 0 unspecified atom stereocenters. The number of H-pyrrole nitrogens is 1. The molecule has 4 rings (SSSR count). The van der Waals surface area contributed by atoms with Gasteiger partial charge in [0.1, 0.15) is 5.69 Å². The molecule has 2 N–H and O–H groups in total. The molecular weight excluding hydrogens is 282 g/mol. The summed E-state index contributed by atoms with van der Waals surface area (Å²) in [5.41, 5.74) is 2.07. The summed E-state index contributed by atoms with van der Waals surface area (Å²) >= 11 is 0. The van der Waals surface area contributed by atoms with Crippen LogP contribution in [-0.2, 0) is 0 Å². The van der Waals surface area contributed by atoms with Crippen molar-refractivity contribution in [2.24, 2.45) is 0 Å². The molecule has 2 aromatic carbocycles. The normalized spacial score (nSPS) is 12.3. The second-order valence-electron chi connectivity index (χ2n) is 5.14. The predicted octanol–water partition coefficient (Wildman–Crippen LogP) is 2.44. The first-order valence-corrected chi connectivity index (χ1v) is 6.65. The van der Waals surface area contributed by atoms with Crippen LogP contribution < -0.4 is 5.43 Å². The Balaban J connectivity index is 2.17. The minimum atomic E-state index is -1.24. The molecule has 0 aliphatic heterocycles. The maximum atomic E-state index is 12.6. The Morgan fingerprint density at radius 1 is 0.955 bits per heavy atom. The van der Waals surface area contributed by atoms with Crippen molar-refractivity contribution in [3.63, 3.8) is 0 Å². The average Bonchev–Trinajstić information content (AvgIpc) is 2.81. The highest BCUT2D eigenvalue weighted by molar-refractivity contribution is 6.26. The highest BCUT2D eigenvalue weighted by Crippen LogP contribution is 2.39. The van der Waals surface area contributed by atoms with Gasteiger partial charge < -0.3 is 10.1 Å². The molecule has 22 heavy (non-hydrogen) atoms. The van der Waals surface area contributed by atoms with Gasteiger partial charge in [0.2, 0.25) is 0 Å². The van der Waals surface area contributed by atoms with E-state index in [1.807, 2.05) is 12.1 Å². The van der Waals surface area contributed by atoms with Gasteiger partial charge in [-0.1, -0.05) is 30.3 Å². The first-order valence-electron chi connectivity index (χ1n) is 6.65. The van der Waals surface area contributed by atoms with Crippen LogP contribution in [0.5, 0.6) is 0 Å². The molecule has 0 amide bonds. The molecule has 1 aliphatic rings. The Hall–Kier alpha value is -3.21. The summed E-state index contributed by atoms with van der Waals surface area (Å²) in [6, 6.07) is 11.6. The van der Waals surface area contributed by atoms with Gasteiger partial charge in [-0.3, -0.25) is 9.59 Å². The van der Waals surface area contributed by atoms with E-state index in [9.17, 15) is 14.4 Å². The number of carboxylic acid groups (broad SMARTS) is 1. The van der Waals surface area contributed by atoms with E-state index in [4.69, 9.17) is 5.11 Å². The Labute approximate surface area is 123 Å². The third-order valence-corrected chi connectivity index (χ3v) is 3.93. The fourth-order valence-electron chi connectivity index (χ4n) is 2.94. The number of hydrogen-bond donors (Lipinski definition) is 2. The zero-order chi connectivity index (χ0) is 15.4. The van der Waals surface area contributed by atoms with E-state index in [0.717, 1.165) is 11.6 Å². The Kier molecular flexibility index (Phi) is 2.36. The number of aromatic nitrogens is 1. The molecular formula is C17H9NO4. The molecule has 5 nitrogen and oxygen atoms in total. The maximum absolute atomic E-state index is 12.6. The van der Waals surface area contributed by atoms with E-state index in [1.54, 1.807) is 24.3 Å². The summed E-state index contributed by atoms with van der Waals surface area (Å²) in [7, 11) is 0. The lowest BCUT2D eigenvalue weighted by Gasteiger charge is -2.06. The predicted molar refractivity (Wildman–Crippen MR) is 80.4 cm³/mol. The van der Waals surface area contributed by atoms with Gasteiger partial charge in [-0.05, 0) is 17.2 Å². The van der Waals surface area contributed by atoms with Gasteiger partial charge in [0.25, 0.3) is 0 Å². The van der Waals surface area contributed by atoms with Crippen molar-refractivity contribution in [2.75, 3.05) is 0 Å². The number of ketones is 1. The minimum Gasteiger partial charge on any atom is -0.477 e. The number of nitrogens with one attached hydrogen (secondary N) is 1. The molecule has 1 aliphatic carbocycles. The van der Waals surface area contributed by atoms with Crippen molar-refractivity contribution in [1.82, 2.24) is 4.98 Å². The third kappa shape index (κ3) is 1.50. The summed E-state index contributed by atoms with van der Waals surface area (Å²) in [6.07, 6.45) is 0. The molecule has 106 valence electrons. The van der Waals surface area contributed by atoms with Crippen LogP contribution in [-0.4, -0.2) is 21.8 Å². The number of carbonyl (C=O) groups is 2. The number of carbonyl (C=O) groups excluding carboxylic acids is 1. The Morgan fingerprint density at radius 2 is 1.68 bits per heavy atom. The van der Waals surface area contributed by atoms with Crippen LogP contribution in [0.1, 0.15) is 26.4 Å². The van der Waals surface area contributed by atoms with Crippen LogP contribution in [0.25, 0.3) is 22.0 Å². The van der Waals surface area contributed by atoms with Crippen LogP contribution in [0.4, 0.5) is 0 Å². The first kappa shape index (κ1) is 12.5. The van der Waals surface area contributed by atoms with E-state index in [2.05, 4.69) is 4.98 Å². The molecule has 1 aromatic heterocycles. The van der Waals surface area contributed by atoms with Gasteiger partial charge in [0.15, 0.2) is 11.2 Å². The van der Waals surface area contributed by atoms with Crippen LogP contribution in [0.3, 0.4) is 0 Å². The Bertz CT molecular complexity index is 1050. The second-order valence-corrected chi connectivity index (χ2v) is 5.14. The lowest BCUT2D eigenvalue weighted by atomic mass is 10.0. The molecule has 0 bridgehead atoms. The number of hydrogen-bond acceptors (Lipinski definition) is 3. The quantitative estimate of drug-likeness (QED) is 0.564.